The molecule has 82 valence electrons. The van der Waals surface area contributed by atoms with Gasteiger partial charge in [-0.1, -0.05) is 0 Å². The highest BCUT2D eigenvalue weighted by molar-refractivity contribution is 4.89. The maximum Gasteiger partial charge on any atom is 0.0120 e. The molecule has 2 heterocycles. The molecule has 0 aromatic carbocycles. The molecule has 2 rings (SSSR count). The largest absolute Gasteiger partial charge is 0.329 e. The standard InChI is InChI=1S/C11H23N3/c1-13(8-5-12)10-4-7-14-6-2-3-11(14)9-10/h10-11H,2-9,12H2,1H3. The van der Waals surface area contributed by atoms with Crippen LogP contribution in [-0.2, 0) is 0 Å². The van der Waals surface area contributed by atoms with E-state index < -0.39 is 0 Å². The molecule has 14 heavy (non-hydrogen) atoms. The Hall–Kier alpha value is -0.120. The van der Waals surface area contributed by atoms with Gasteiger partial charge >= 0.3 is 0 Å². The Morgan fingerprint density at radius 1 is 1.36 bits per heavy atom. The Labute approximate surface area is 87.2 Å². The van der Waals surface area contributed by atoms with Crippen LogP contribution < -0.4 is 5.73 Å². The summed E-state index contributed by atoms with van der Waals surface area (Å²) in [5.41, 5.74) is 5.59. The monoisotopic (exact) mass is 197 g/mol. The first-order chi connectivity index (χ1) is 6.81. The number of hydrogen-bond donors (Lipinski definition) is 1. The number of hydrogen-bond acceptors (Lipinski definition) is 3. The van der Waals surface area contributed by atoms with Crippen molar-refractivity contribution in [3.05, 3.63) is 0 Å². The second-order valence-corrected chi connectivity index (χ2v) is 4.78. The number of rotatable bonds is 3. The van der Waals surface area contributed by atoms with E-state index in [9.17, 15) is 0 Å². The third kappa shape index (κ3) is 2.10. The summed E-state index contributed by atoms with van der Waals surface area (Å²) in [6, 6.07) is 1.67. The molecule has 0 spiro atoms. The fourth-order valence-electron chi connectivity index (χ4n) is 2.99. The average molecular weight is 197 g/mol. The van der Waals surface area contributed by atoms with Crippen molar-refractivity contribution in [3.63, 3.8) is 0 Å². The minimum absolute atomic E-state index is 0.790. The van der Waals surface area contributed by atoms with E-state index in [1.165, 1.54) is 38.8 Å². The highest BCUT2D eigenvalue weighted by Gasteiger charge is 2.32. The second-order valence-electron chi connectivity index (χ2n) is 4.78. The van der Waals surface area contributed by atoms with Crippen molar-refractivity contribution >= 4 is 0 Å². The van der Waals surface area contributed by atoms with E-state index in [2.05, 4.69) is 16.8 Å². The molecule has 2 N–H and O–H groups in total. The topological polar surface area (TPSA) is 32.5 Å². The Kier molecular flexibility index (Phi) is 3.42. The van der Waals surface area contributed by atoms with Crippen LogP contribution in [0.5, 0.6) is 0 Å². The van der Waals surface area contributed by atoms with Crippen LogP contribution in [0.4, 0.5) is 0 Å². The smallest absolute Gasteiger partial charge is 0.0120 e. The molecule has 2 aliphatic heterocycles. The second kappa shape index (κ2) is 4.60. The number of nitrogens with two attached hydrogens (primary N) is 1. The van der Waals surface area contributed by atoms with Crippen LogP contribution in [0.3, 0.4) is 0 Å². The number of nitrogens with zero attached hydrogens (tertiary/aromatic N) is 2. The zero-order chi connectivity index (χ0) is 9.97. The molecular weight excluding hydrogens is 174 g/mol. The Bertz CT molecular complexity index is 183. The summed E-state index contributed by atoms with van der Waals surface area (Å²) < 4.78 is 0. The Morgan fingerprint density at radius 2 is 2.21 bits per heavy atom. The average Bonchev–Trinajstić information content (AvgIpc) is 2.64. The van der Waals surface area contributed by atoms with Gasteiger partial charge in [-0.15, -0.1) is 0 Å². The summed E-state index contributed by atoms with van der Waals surface area (Å²) in [5.74, 6) is 0. The lowest BCUT2D eigenvalue weighted by atomic mass is 9.96. The maximum absolute atomic E-state index is 5.59. The van der Waals surface area contributed by atoms with Gasteiger partial charge in [0.25, 0.3) is 0 Å². The van der Waals surface area contributed by atoms with E-state index in [1.807, 2.05) is 0 Å². The van der Waals surface area contributed by atoms with Crippen LogP contribution in [0.2, 0.25) is 0 Å². The molecule has 0 bridgehead atoms. The molecule has 2 aliphatic rings. The number of piperidine rings is 1. The van der Waals surface area contributed by atoms with Gasteiger partial charge < -0.3 is 15.5 Å². The maximum atomic E-state index is 5.59. The molecule has 2 atom stereocenters. The van der Waals surface area contributed by atoms with Crippen molar-refractivity contribution in [2.24, 2.45) is 5.73 Å². The minimum Gasteiger partial charge on any atom is -0.329 e. The van der Waals surface area contributed by atoms with Crippen LogP contribution in [0.25, 0.3) is 0 Å². The van der Waals surface area contributed by atoms with Crippen molar-refractivity contribution in [1.29, 1.82) is 0 Å². The minimum atomic E-state index is 0.790. The van der Waals surface area contributed by atoms with E-state index in [4.69, 9.17) is 5.73 Å². The van der Waals surface area contributed by atoms with Crippen molar-refractivity contribution < 1.29 is 0 Å². The van der Waals surface area contributed by atoms with E-state index in [-0.39, 0.29) is 0 Å². The highest BCUT2D eigenvalue weighted by Crippen LogP contribution is 2.28. The summed E-state index contributed by atoms with van der Waals surface area (Å²) in [7, 11) is 2.22. The van der Waals surface area contributed by atoms with E-state index in [0.717, 1.165) is 25.2 Å². The SMILES string of the molecule is CN(CCN)C1CCN2CCCC2C1. The lowest BCUT2D eigenvalue weighted by molar-refractivity contribution is 0.106. The summed E-state index contributed by atoms with van der Waals surface area (Å²) in [6.07, 6.45) is 5.55. The van der Waals surface area contributed by atoms with Crippen molar-refractivity contribution in [3.8, 4) is 0 Å². The van der Waals surface area contributed by atoms with E-state index >= 15 is 0 Å². The molecule has 0 radical (unpaired) electrons. The van der Waals surface area contributed by atoms with Crippen LogP contribution >= 0.6 is 0 Å². The van der Waals surface area contributed by atoms with Crippen LogP contribution in [0.1, 0.15) is 25.7 Å². The van der Waals surface area contributed by atoms with Gasteiger partial charge in [0.15, 0.2) is 0 Å². The van der Waals surface area contributed by atoms with Crippen molar-refractivity contribution in [1.82, 2.24) is 9.80 Å². The predicted octanol–water partition coefficient (Wildman–Crippen LogP) is 0.504. The van der Waals surface area contributed by atoms with Crippen LogP contribution in [0.15, 0.2) is 0 Å². The Balaban J connectivity index is 1.84. The summed E-state index contributed by atoms with van der Waals surface area (Å²) in [4.78, 5) is 5.13. The first kappa shape index (κ1) is 10.4. The van der Waals surface area contributed by atoms with E-state index in [0.29, 0.717) is 0 Å². The lowest BCUT2D eigenvalue weighted by Crippen LogP contribution is -2.47. The van der Waals surface area contributed by atoms with Crippen LogP contribution in [0, 0.1) is 0 Å². The van der Waals surface area contributed by atoms with Crippen molar-refractivity contribution in [2.45, 2.75) is 37.8 Å². The fraction of sp³-hybridized carbons (Fsp3) is 1.00. The number of likely N-dealkylation sites (N-methyl/N-ethyl adjacent to an activating group) is 1. The zero-order valence-electron chi connectivity index (χ0n) is 9.28. The van der Waals surface area contributed by atoms with Gasteiger partial charge in [0, 0.05) is 25.2 Å². The molecule has 0 saturated carbocycles. The molecule has 0 aliphatic carbocycles. The molecule has 0 amide bonds. The van der Waals surface area contributed by atoms with Gasteiger partial charge in [-0.3, -0.25) is 0 Å². The van der Waals surface area contributed by atoms with Gasteiger partial charge in [0.05, 0.1) is 0 Å². The van der Waals surface area contributed by atoms with E-state index in [1.54, 1.807) is 0 Å². The molecule has 2 unspecified atom stereocenters. The first-order valence-corrected chi connectivity index (χ1v) is 5.95. The van der Waals surface area contributed by atoms with Crippen LogP contribution in [-0.4, -0.2) is 55.1 Å². The number of fused-ring (bicyclic) bond motifs is 1. The first-order valence-electron chi connectivity index (χ1n) is 5.95. The highest BCUT2D eigenvalue weighted by atomic mass is 15.2. The van der Waals surface area contributed by atoms with Gasteiger partial charge in [-0.05, 0) is 45.8 Å². The third-order valence-electron chi connectivity index (χ3n) is 3.90. The normalized spacial score (nSPS) is 33.6. The summed E-state index contributed by atoms with van der Waals surface area (Å²) in [6.45, 7) is 4.50. The van der Waals surface area contributed by atoms with Crippen molar-refractivity contribution in [2.75, 3.05) is 33.2 Å². The summed E-state index contributed by atoms with van der Waals surface area (Å²) >= 11 is 0. The molecule has 3 heteroatoms. The predicted molar refractivity (Wildman–Crippen MR) is 59.3 cm³/mol. The molecule has 3 nitrogen and oxygen atoms in total. The molecule has 0 aromatic heterocycles. The lowest BCUT2D eigenvalue weighted by Gasteiger charge is -2.39. The quantitative estimate of drug-likeness (QED) is 0.715. The van der Waals surface area contributed by atoms with Gasteiger partial charge in [0.2, 0.25) is 0 Å². The molecule has 0 aromatic rings. The van der Waals surface area contributed by atoms with Gasteiger partial charge in [-0.25, -0.2) is 0 Å². The van der Waals surface area contributed by atoms with Gasteiger partial charge in [0.1, 0.15) is 0 Å². The Morgan fingerprint density at radius 3 is 3.00 bits per heavy atom. The van der Waals surface area contributed by atoms with Gasteiger partial charge in [-0.2, -0.15) is 0 Å². The molecular formula is C11H23N3. The summed E-state index contributed by atoms with van der Waals surface area (Å²) in [5, 5.41) is 0. The molecule has 2 saturated heterocycles. The fourth-order valence-corrected chi connectivity index (χ4v) is 2.99. The zero-order valence-corrected chi connectivity index (χ0v) is 9.28. The third-order valence-corrected chi connectivity index (χ3v) is 3.90. The molecule has 2 fully saturated rings.